The summed E-state index contributed by atoms with van der Waals surface area (Å²) in [6.45, 7) is 0.897. The molecule has 3 rings (SSSR count). The molecule has 0 N–H and O–H groups in total. The zero-order valence-electron chi connectivity index (χ0n) is 8.61. The van der Waals surface area contributed by atoms with Gasteiger partial charge in [-0.2, -0.15) is 0 Å². The molecule has 1 unspecified atom stereocenters. The lowest BCUT2D eigenvalue weighted by molar-refractivity contribution is 0.0155. The summed E-state index contributed by atoms with van der Waals surface area (Å²) < 4.78 is 11.0. The molecule has 0 amide bonds. The number of rotatable bonds is 1. The summed E-state index contributed by atoms with van der Waals surface area (Å²) in [6.07, 6.45) is 7.43. The van der Waals surface area contributed by atoms with E-state index < -0.39 is 0 Å². The Balaban J connectivity index is 1.97. The summed E-state index contributed by atoms with van der Waals surface area (Å²) in [7, 11) is 0. The maximum absolute atomic E-state index is 5.80. The second kappa shape index (κ2) is 3.70. The molecule has 0 radical (unpaired) electrons. The van der Waals surface area contributed by atoms with Gasteiger partial charge < -0.3 is 9.15 Å². The van der Waals surface area contributed by atoms with Crippen molar-refractivity contribution in [1.82, 2.24) is 0 Å². The fourth-order valence-electron chi connectivity index (χ4n) is 2.31. The summed E-state index contributed by atoms with van der Waals surface area (Å²) in [4.78, 5) is 0. The van der Waals surface area contributed by atoms with E-state index in [-0.39, 0.29) is 0 Å². The first-order valence-electron chi connectivity index (χ1n) is 5.51. The van der Waals surface area contributed by atoms with E-state index in [0.29, 0.717) is 6.10 Å². The van der Waals surface area contributed by atoms with Gasteiger partial charge in [-0.05, 0) is 36.5 Å². The van der Waals surface area contributed by atoms with E-state index in [9.17, 15) is 0 Å². The highest BCUT2D eigenvalue weighted by Gasteiger charge is 2.21. The molecular weight excluding hydrogens is 188 g/mol. The van der Waals surface area contributed by atoms with Crippen molar-refractivity contribution >= 4 is 0 Å². The molecular formula is C13H14O2. The van der Waals surface area contributed by atoms with Crippen molar-refractivity contribution in [2.24, 2.45) is 0 Å². The molecule has 2 heterocycles. The van der Waals surface area contributed by atoms with Gasteiger partial charge in [0.15, 0.2) is 0 Å². The molecule has 0 aromatic heterocycles. The van der Waals surface area contributed by atoms with Crippen LogP contribution < -0.4 is 0 Å². The van der Waals surface area contributed by atoms with Gasteiger partial charge in [0, 0.05) is 12.2 Å². The van der Waals surface area contributed by atoms with Gasteiger partial charge in [0.05, 0.1) is 18.6 Å². The molecule has 0 saturated carbocycles. The first-order valence-corrected chi connectivity index (χ1v) is 5.51. The van der Waals surface area contributed by atoms with Gasteiger partial charge in [-0.1, -0.05) is 12.1 Å². The smallest absolute Gasteiger partial charge is 0.0979 e. The fourth-order valence-corrected chi connectivity index (χ4v) is 2.31. The Morgan fingerprint density at radius 1 is 1.13 bits per heavy atom. The molecule has 1 saturated heterocycles. The van der Waals surface area contributed by atoms with Crippen LogP contribution in [0.5, 0.6) is 0 Å². The first-order chi connectivity index (χ1) is 7.45. The van der Waals surface area contributed by atoms with E-state index in [1.807, 2.05) is 6.07 Å². The van der Waals surface area contributed by atoms with E-state index in [0.717, 1.165) is 13.0 Å². The van der Waals surface area contributed by atoms with Gasteiger partial charge in [-0.15, -0.1) is 0 Å². The van der Waals surface area contributed by atoms with Crippen LogP contribution in [0.3, 0.4) is 0 Å². The molecule has 78 valence electrons. The number of fused-ring (bicyclic) bond motifs is 1. The van der Waals surface area contributed by atoms with Crippen LogP contribution in [0.2, 0.25) is 0 Å². The summed E-state index contributed by atoms with van der Waals surface area (Å²) in [6, 6.07) is 6.30. The minimum absolute atomic E-state index is 0.290. The average Bonchev–Trinajstić information content (AvgIpc) is 2.74. The minimum Gasteiger partial charge on any atom is -0.472 e. The second-order valence-electron chi connectivity index (χ2n) is 4.07. The lowest BCUT2D eigenvalue weighted by Gasteiger charge is -2.23. The topological polar surface area (TPSA) is 22.4 Å². The third-order valence-electron chi connectivity index (χ3n) is 3.10. The van der Waals surface area contributed by atoms with Crippen molar-refractivity contribution in [3.8, 4) is 11.1 Å². The van der Waals surface area contributed by atoms with Gasteiger partial charge in [0.25, 0.3) is 0 Å². The van der Waals surface area contributed by atoms with E-state index in [1.54, 1.807) is 12.5 Å². The van der Waals surface area contributed by atoms with Gasteiger partial charge in [-0.3, -0.25) is 0 Å². The summed E-state index contributed by atoms with van der Waals surface area (Å²) in [5.74, 6) is 0. The summed E-state index contributed by atoms with van der Waals surface area (Å²) in [5.41, 5.74) is 3.76. The predicted molar refractivity (Wildman–Crippen MR) is 57.9 cm³/mol. The van der Waals surface area contributed by atoms with Crippen molar-refractivity contribution in [3.05, 3.63) is 36.3 Å². The molecule has 2 heteroatoms. The van der Waals surface area contributed by atoms with Crippen LogP contribution >= 0.6 is 0 Å². The Labute approximate surface area is 89.2 Å². The fraction of sp³-hybridized carbons (Fsp3) is 0.385. The number of ether oxygens (including phenoxy) is 1. The highest BCUT2D eigenvalue weighted by atomic mass is 16.5. The lowest BCUT2D eigenvalue weighted by Crippen LogP contribution is -2.11. The summed E-state index contributed by atoms with van der Waals surface area (Å²) in [5, 5.41) is 0. The molecule has 0 bridgehead atoms. The molecule has 1 aliphatic carbocycles. The largest absolute Gasteiger partial charge is 0.472 e. The Morgan fingerprint density at radius 3 is 3.00 bits per heavy atom. The van der Waals surface area contributed by atoms with Gasteiger partial charge >= 0.3 is 0 Å². The van der Waals surface area contributed by atoms with Gasteiger partial charge in [0.2, 0.25) is 0 Å². The zero-order chi connectivity index (χ0) is 10.1. The number of hydrogen-bond donors (Lipinski definition) is 0. The normalized spacial score (nSPS) is 22.0. The summed E-state index contributed by atoms with van der Waals surface area (Å²) >= 11 is 0. The molecule has 1 fully saturated rings. The highest BCUT2D eigenvalue weighted by Crippen LogP contribution is 2.37. The van der Waals surface area contributed by atoms with Crippen LogP contribution in [-0.4, -0.2) is 6.61 Å². The minimum atomic E-state index is 0.290. The van der Waals surface area contributed by atoms with Gasteiger partial charge in [-0.25, -0.2) is 0 Å². The zero-order valence-corrected chi connectivity index (χ0v) is 8.61. The third kappa shape index (κ3) is 1.55. The van der Waals surface area contributed by atoms with Crippen molar-refractivity contribution in [1.29, 1.82) is 0 Å². The maximum atomic E-state index is 5.80. The molecule has 15 heavy (non-hydrogen) atoms. The first kappa shape index (κ1) is 8.98. The Hall–Kier alpha value is -1.28. The Kier molecular flexibility index (Phi) is 2.22. The standard InChI is InChI=1S/C13H14O2/c1-2-7-15-13(3-1)12-5-4-10-9-14-8-6-11(10)12/h4-6,8-9,13H,1-3,7H2. The van der Waals surface area contributed by atoms with E-state index in [1.165, 1.54) is 29.5 Å². The average molecular weight is 202 g/mol. The Morgan fingerprint density at radius 2 is 2.13 bits per heavy atom. The second-order valence-corrected chi connectivity index (χ2v) is 4.07. The van der Waals surface area contributed by atoms with Crippen molar-refractivity contribution in [2.45, 2.75) is 25.4 Å². The van der Waals surface area contributed by atoms with Crippen LogP contribution in [-0.2, 0) is 4.74 Å². The van der Waals surface area contributed by atoms with E-state index in [2.05, 4.69) is 12.1 Å². The number of hydrogen-bond acceptors (Lipinski definition) is 2. The Bertz CT molecular complexity index is 413. The van der Waals surface area contributed by atoms with Gasteiger partial charge in [0.1, 0.15) is 0 Å². The third-order valence-corrected chi connectivity index (χ3v) is 3.10. The van der Waals surface area contributed by atoms with Crippen molar-refractivity contribution in [3.63, 3.8) is 0 Å². The lowest BCUT2D eigenvalue weighted by atomic mass is 9.99. The molecule has 0 aromatic rings. The highest BCUT2D eigenvalue weighted by molar-refractivity contribution is 5.69. The monoisotopic (exact) mass is 202 g/mol. The van der Waals surface area contributed by atoms with Crippen LogP contribution in [0.1, 0.15) is 30.9 Å². The predicted octanol–water partition coefficient (Wildman–Crippen LogP) is 3.63. The van der Waals surface area contributed by atoms with Crippen LogP contribution in [0.4, 0.5) is 0 Å². The van der Waals surface area contributed by atoms with Crippen LogP contribution in [0.25, 0.3) is 11.1 Å². The SMILES string of the molecule is c1cc2c(C3CCCCO3)ccc-2co1. The molecule has 2 nitrogen and oxygen atoms in total. The molecule has 0 spiro atoms. The van der Waals surface area contributed by atoms with Crippen LogP contribution in [0, 0.1) is 0 Å². The molecule has 2 aliphatic heterocycles. The van der Waals surface area contributed by atoms with E-state index >= 15 is 0 Å². The van der Waals surface area contributed by atoms with E-state index in [4.69, 9.17) is 9.15 Å². The molecule has 0 aromatic carbocycles. The molecule has 3 aliphatic rings. The van der Waals surface area contributed by atoms with Crippen molar-refractivity contribution < 1.29 is 9.15 Å². The quantitative estimate of drug-likeness (QED) is 0.704. The molecule has 1 atom stereocenters. The van der Waals surface area contributed by atoms with Crippen molar-refractivity contribution in [2.75, 3.05) is 6.61 Å². The van der Waals surface area contributed by atoms with Crippen LogP contribution in [0.15, 0.2) is 35.1 Å². The maximum Gasteiger partial charge on any atom is 0.0979 e.